The van der Waals surface area contributed by atoms with E-state index < -0.39 is 5.82 Å². The van der Waals surface area contributed by atoms with Crippen LogP contribution in [0.25, 0.3) is 0 Å². The summed E-state index contributed by atoms with van der Waals surface area (Å²) in [5.41, 5.74) is 3.37. The number of hydrogen-bond donors (Lipinski definition) is 1. The topological polar surface area (TPSA) is 41.1 Å². The Morgan fingerprint density at radius 3 is 2.59 bits per heavy atom. The standard InChI is InChI=1S/C20H19ClF2N4/c1-12-14(8-13-6-7-26-20(24-2)19(13)23)10-25-11-18(12)27(3)17-5-4-15(21)9-16(17)22/h4-7,9-11H,8H2,1-3H3,(H,24,26). The molecule has 0 saturated carbocycles. The normalized spacial score (nSPS) is 10.7. The molecule has 0 spiro atoms. The molecule has 3 rings (SSSR count). The molecule has 0 bridgehead atoms. The van der Waals surface area contributed by atoms with E-state index in [0.29, 0.717) is 22.7 Å². The Bertz CT molecular complexity index is 978. The van der Waals surface area contributed by atoms with Crippen molar-refractivity contribution in [3.63, 3.8) is 0 Å². The van der Waals surface area contributed by atoms with Crippen LogP contribution in [-0.4, -0.2) is 24.1 Å². The van der Waals surface area contributed by atoms with Crippen molar-refractivity contribution < 1.29 is 8.78 Å². The summed E-state index contributed by atoms with van der Waals surface area (Å²) in [5, 5.41) is 3.07. The van der Waals surface area contributed by atoms with E-state index in [4.69, 9.17) is 11.6 Å². The second-order valence-corrected chi connectivity index (χ2v) is 6.59. The van der Waals surface area contributed by atoms with Crippen LogP contribution < -0.4 is 10.2 Å². The molecule has 0 fully saturated rings. The Morgan fingerprint density at radius 1 is 1.11 bits per heavy atom. The number of halogens is 3. The van der Waals surface area contributed by atoms with Gasteiger partial charge < -0.3 is 10.2 Å². The quantitative estimate of drug-likeness (QED) is 0.658. The lowest BCUT2D eigenvalue weighted by atomic mass is 10.0. The van der Waals surface area contributed by atoms with Crippen molar-refractivity contribution in [3.05, 3.63) is 76.2 Å². The monoisotopic (exact) mass is 388 g/mol. The predicted molar refractivity (Wildman–Crippen MR) is 105 cm³/mol. The smallest absolute Gasteiger partial charge is 0.168 e. The third-order valence-electron chi connectivity index (χ3n) is 4.51. The van der Waals surface area contributed by atoms with Crippen LogP contribution in [0.15, 0.2) is 42.9 Å². The number of nitrogens with one attached hydrogen (secondary N) is 1. The summed E-state index contributed by atoms with van der Waals surface area (Å²) in [5.74, 6) is -0.606. The average molecular weight is 389 g/mol. The molecule has 27 heavy (non-hydrogen) atoms. The van der Waals surface area contributed by atoms with E-state index in [9.17, 15) is 8.78 Å². The molecule has 2 heterocycles. The molecule has 0 aliphatic carbocycles. The van der Waals surface area contributed by atoms with Gasteiger partial charge in [-0.05, 0) is 47.9 Å². The molecule has 0 saturated heterocycles. The van der Waals surface area contributed by atoms with Gasteiger partial charge >= 0.3 is 0 Å². The van der Waals surface area contributed by atoms with Gasteiger partial charge in [-0.1, -0.05) is 11.6 Å². The van der Waals surface area contributed by atoms with Crippen molar-refractivity contribution in [1.29, 1.82) is 0 Å². The van der Waals surface area contributed by atoms with Crippen molar-refractivity contribution in [2.75, 3.05) is 24.3 Å². The van der Waals surface area contributed by atoms with Gasteiger partial charge in [-0.3, -0.25) is 4.98 Å². The molecule has 0 amide bonds. The van der Waals surface area contributed by atoms with Gasteiger partial charge in [-0.25, -0.2) is 13.8 Å². The van der Waals surface area contributed by atoms with Gasteiger partial charge in [-0.15, -0.1) is 0 Å². The van der Waals surface area contributed by atoms with Crippen LogP contribution in [0.2, 0.25) is 5.02 Å². The van der Waals surface area contributed by atoms with Gasteiger partial charge in [-0.2, -0.15) is 0 Å². The van der Waals surface area contributed by atoms with Crippen LogP contribution in [0, 0.1) is 18.6 Å². The van der Waals surface area contributed by atoms with Gasteiger partial charge in [0, 0.05) is 37.9 Å². The fourth-order valence-electron chi connectivity index (χ4n) is 2.96. The van der Waals surface area contributed by atoms with E-state index in [1.807, 2.05) is 6.92 Å². The minimum atomic E-state index is -0.423. The van der Waals surface area contributed by atoms with Gasteiger partial charge in [0.2, 0.25) is 0 Å². The summed E-state index contributed by atoms with van der Waals surface area (Å²) >= 11 is 5.84. The number of anilines is 3. The fraction of sp³-hybridized carbons (Fsp3) is 0.200. The largest absolute Gasteiger partial charge is 0.371 e. The zero-order chi connectivity index (χ0) is 19.6. The zero-order valence-corrected chi connectivity index (χ0v) is 16.0. The Morgan fingerprint density at radius 2 is 1.89 bits per heavy atom. The van der Waals surface area contributed by atoms with E-state index in [1.165, 1.54) is 6.07 Å². The SMILES string of the molecule is CNc1nccc(Cc2cncc(N(C)c3ccc(Cl)cc3F)c2C)c1F. The summed E-state index contributed by atoms with van der Waals surface area (Å²) in [6.45, 7) is 1.91. The van der Waals surface area contributed by atoms with E-state index >= 15 is 0 Å². The van der Waals surface area contributed by atoms with Crippen molar-refractivity contribution in [1.82, 2.24) is 9.97 Å². The van der Waals surface area contributed by atoms with E-state index in [2.05, 4.69) is 15.3 Å². The molecule has 0 atom stereocenters. The number of hydrogen-bond acceptors (Lipinski definition) is 4. The molecule has 2 aromatic heterocycles. The molecule has 7 heteroatoms. The molecule has 1 N–H and O–H groups in total. The Balaban J connectivity index is 1.97. The predicted octanol–water partition coefficient (Wildman–Crippen LogP) is 5.12. The highest BCUT2D eigenvalue weighted by Gasteiger charge is 2.16. The van der Waals surface area contributed by atoms with Crippen molar-refractivity contribution in [3.8, 4) is 0 Å². The van der Waals surface area contributed by atoms with Gasteiger partial charge in [0.05, 0.1) is 17.6 Å². The van der Waals surface area contributed by atoms with E-state index in [0.717, 1.165) is 16.8 Å². The van der Waals surface area contributed by atoms with Gasteiger partial charge in [0.15, 0.2) is 11.6 Å². The lowest BCUT2D eigenvalue weighted by molar-refractivity contribution is 0.611. The first-order valence-corrected chi connectivity index (χ1v) is 8.73. The number of nitrogens with zero attached hydrogens (tertiary/aromatic N) is 3. The van der Waals surface area contributed by atoms with Crippen LogP contribution >= 0.6 is 11.6 Å². The van der Waals surface area contributed by atoms with Crippen LogP contribution in [-0.2, 0) is 6.42 Å². The highest BCUT2D eigenvalue weighted by atomic mass is 35.5. The maximum Gasteiger partial charge on any atom is 0.168 e. The second kappa shape index (κ2) is 7.88. The van der Waals surface area contributed by atoms with Gasteiger partial charge in [0.25, 0.3) is 0 Å². The molecule has 3 aromatic rings. The second-order valence-electron chi connectivity index (χ2n) is 6.16. The summed E-state index contributed by atoms with van der Waals surface area (Å²) in [7, 11) is 3.38. The van der Waals surface area contributed by atoms with Crippen LogP contribution in [0.1, 0.15) is 16.7 Å². The molecule has 4 nitrogen and oxygen atoms in total. The number of benzene rings is 1. The Labute approximate surface area is 161 Å². The van der Waals surface area contributed by atoms with Gasteiger partial charge in [0.1, 0.15) is 5.82 Å². The maximum atomic E-state index is 14.5. The third kappa shape index (κ3) is 3.85. The summed E-state index contributed by atoms with van der Waals surface area (Å²) in [4.78, 5) is 9.93. The number of rotatable bonds is 5. The minimum absolute atomic E-state index is 0.203. The molecular formula is C20H19ClF2N4. The highest BCUT2D eigenvalue weighted by Crippen LogP contribution is 2.32. The molecule has 140 valence electrons. The Kier molecular flexibility index (Phi) is 5.56. The van der Waals surface area contributed by atoms with Crippen LogP contribution in [0.5, 0.6) is 0 Å². The van der Waals surface area contributed by atoms with Crippen molar-refractivity contribution >= 4 is 28.8 Å². The first-order valence-electron chi connectivity index (χ1n) is 8.35. The molecule has 0 aliphatic rings. The van der Waals surface area contributed by atoms with Crippen molar-refractivity contribution in [2.45, 2.75) is 13.3 Å². The summed E-state index contributed by atoms with van der Waals surface area (Å²) in [6.07, 6.45) is 5.28. The van der Waals surface area contributed by atoms with Crippen molar-refractivity contribution in [2.24, 2.45) is 0 Å². The lowest BCUT2D eigenvalue weighted by Gasteiger charge is -2.23. The summed E-state index contributed by atoms with van der Waals surface area (Å²) < 4.78 is 28.8. The first kappa shape index (κ1) is 19.0. The highest BCUT2D eigenvalue weighted by molar-refractivity contribution is 6.30. The lowest BCUT2D eigenvalue weighted by Crippen LogP contribution is -2.14. The summed E-state index contributed by atoms with van der Waals surface area (Å²) in [6, 6.07) is 6.16. The fourth-order valence-corrected chi connectivity index (χ4v) is 3.11. The van der Waals surface area contributed by atoms with E-state index in [-0.39, 0.29) is 11.6 Å². The molecule has 0 aliphatic heterocycles. The van der Waals surface area contributed by atoms with E-state index in [1.54, 1.807) is 55.8 Å². The molecule has 1 aromatic carbocycles. The number of aromatic nitrogens is 2. The molecule has 0 radical (unpaired) electrons. The average Bonchev–Trinajstić information content (AvgIpc) is 2.64. The molecular weight excluding hydrogens is 370 g/mol. The minimum Gasteiger partial charge on any atom is -0.371 e. The van der Waals surface area contributed by atoms with Crippen LogP contribution in [0.3, 0.4) is 0 Å². The maximum absolute atomic E-state index is 14.5. The first-order chi connectivity index (χ1) is 12.9. The number of pyridine rings is 2. The molecule has 0 unspecified atom stereocenters. The third-order valence-corrected chi connectivity index (χ3v) is 4.75. The Hall–Kier alpha value is -2.73. The van der Waals surface area contributed by atoms with Crippen LogP contribution in [0.4, 0.5) is 26.0 Å². The zero-order valence-electron chi connectivity index (χ0n) is 15.2.